The quantitative estimate of drug-likeness (QED) is 0.896. The molecule has 1 fully saturated rings. The number of hydrogen-bond acceptors (Lipinski definition) is 3. The van der Waals surface area contributed by atoms with Gasteiger partial charge < -0.3 is 14.9 Å². The van der Waals surface area contributed by atoms with Crippen molar-refractivity contribution in [2.45, 2.75) is 38.3 Å². The van der Waals surface area contributed by atoms with E-state index in [1.54, 1.807) is 17.0 Å². The molecule has 1 N–H and O–H groups in total. The van der Waals surface area contributed by atoms with Gasteiger partial charge in [-0.15, -0.1) is 0 Å². The van der Waals surface area contributed by atoms with Crippen LogP contribution in [0.15, 0.2) is 30.3 Å². The summed E-state index contributed by atoms with van der Waals surface area (Å²) in [5, 5.41) is 9.14. The molecule has 0 aliphatic carbocycles. The van der Waals surface area contributed by atoms with Crippen LogP contribution in [0.4, 0.5) is 0 Å². The summed E-state index contributed by atoms with van der Waals surface area (Å²) in [5.41, 5.74) is 0.706. The van der Waals surface area contributed by atoms with Gasteiger partial charge in [0.05, 0.1) is 0 Å². The molecule has 1 aromatic rings. The highest BCUT2D eigenvalue weighted by molar-refractivity contribution is 5.91. The topological polar surface area (TPSA) is 77.9 Å². The smallest absolute Gasteiger partial charge is 0.326 e. The zero-order chi connectivity index (χ0) is 17.0. The van der Waals surface area contributed by atoms with Crippen LogP contribution in [0.3, 0.4) is 0 Å². The minimum atomic E-state index is -1.07. The highest BCUT2D eigenvalue weighted by Crippen LogP contribution is 2.27. The van der Waals surface area contributed by atoms with Gasteiger partial charge in [-0.05, 0) is 25.3 Å². The molecule has 6 nitrogen and oxygen atoms in total. The first-order chi connectivity index (χ1) is 10.9. The number of hydrogen-bond donors (Lipinski definition) is 1. The summed E-state index contributed by atoms with van der Waals surface area (Å²) >= 11 is 0. The molecule has 0 bridgehead atoms. The van der Waals surface area contributed by atoms with Gasteiger partial charge in [-0.25, -0.2) is 4.79 Å². The number of likely N-dealkylation sites (N-methyl/N-ethyl adjacent to an activating group) is 1. The number of benzene rings is 1. The number of rotatable bonds is 5. The third-order valence-corrected chi connectivity index (χ3v) is 4.31. The van der Waals surface area contributed by atoms with Crippen molar-refractivity contribution in [3.8, 4) is 0 Å². The molecule has 6 heteroatoms. The van der Waals surface area contributed by atoms with Crippen LogP contribution >= 0.6 is 0 Å². The molecule has 0 spiro atoms. The van der Waals surface area contributed by atoms with Gasteiger partial charge in [-0.2, -0.15) is 0 Å². The molecule has 2 unspecified atom stereocenters. The van der Waals surface area contributed by atoms with Gasteiger partial charge in [0, 0.05) is 20.0 Å². The van der Waals surface area contributed by atoms with Crippen molar-refractivity contribution in [3.05, 3.63) is 35.9 Å². The third-order valence-electron chi connectivity index (χ3n) is 4.31. The van der Waals surface area contributed by atoms with Crippen LogP contribution in [-0.2, 0) is 14.4 Å². The summed E-state index contributed by atoms with van der Waals surface area (Å²) in [5.74, 6) is -1.51. The first kappa shape index (κ1) is 17.0. The van der Waals surface area contributed by atoms with Gasteiger partial charge in [-0.1, -0.05) is 30.3 Å². The molecule has 1 aromatic carbocycles. The average Bonchev–Trinajstić information content (AvgIpc) is 2.56. The summed E-state index contributed by atoms with van der Waals surface area (Å²) in [4.78, 5) is 39.1. The van der Waals surface area contributed by atoms with Crippen molar-refractivity contribution in [2.24, 2.45) is 0 Å². The lowest BCUT2D eigenvalue weighted by molar-refractivity contribution is -0.153. The average molecular weight is 318 g/mol. The maximum absolute atomic E-state index is 12.9. The van der Waals surface area contributed by atoms with E-state index in [1.807, 2.05) is 18.2 Å². The van der Waals surface area contributed by atoms with Crippen LogP contribution in [0.1, 0.15) is 37.8 Å². The standard InChI is InChI=1S/C17H22N2O4/c1-12(17(22)23)18(2)16(21)15(13-8-4-3-5-9-13)19-11-7-6-10-14(19)20/h3-5,8-9,12,15H,6-7,10-11H2,1-2H3,(H,22,23). The predicted molar refractivity (Wildman–Crippen MR) is 84.6 cm³/mol. The van der Waals surface area contributed by atoms with Crippen LogP contribution in [0.2, 0.25) is 0 Å². The molecule has 2 rings (SSSR count). The normalized spacial score (nSPS) is 17.5. The molecule has 1 aliphatic rings. The Kier molecular flexibility index (Phi) is 5.36. The van der Waals surface area contributed by atoms with Crippen LogP contribution in [0.5, 0.6) is 0 Å². The fourth-order valence-electron chi connectivity index (χ4n) is 2.74. The molecular weight excluding hydrogens is 296 g/mol. The largest absolute Gasteiger partial charge is 0.480 e. The van der Waals surface area contributed by atoms with Gasteiger partial charge in [-0.3, -0.25) is 9.59 Å². The minimum absolute atomic E-state index is 0.0603. The van der Waals surface area contributed by atoms with E-state index in [4.69, 9.17) is 5.11 Å². The van der Waals surface area contributed by atoms with Crippen LogP contribution < -0.4 is 0 Å². The molecule has 1 heterocycles. The fraction of sp³-hybridized carbons (Fsp3) is 0.471. The summed E-state index contributed by atoms with van der Waals surface area (Å²) in [6.45, 7) is 1.97. The second-order valence-electron chi connectivity index (χ2n) is 5.82. The predicted octanol–water partition coefficient (Wildman–Crippen LogP) is 1.67. The lowest BCUT2D eigenvalue weighted by atomic mass is 9.99. The number of carboxylic acids is 1. The lowest BCUT2D eigenvalue weighted by Gasteiger charge is -2.37. The molecule has 23 heavy (non-hydrogen) atoms. The van der Waals surface area contributed by atoms with E-state index in [2.05, 4.69) is 0 Å². The minimum Gasteiger partial charge on any atom is -0.480 e. The Balaban J connectivity index is 2.35. The summed E-state index contributed by atoms with van der Waals surface area (Å²) in [7, 11) is 1.46. The Morgan fingerprint density at radius 3 is 2.43 bits per heavy atom. The third kappa shape index (κ3) is 3.70. The highest BCUT2D eigenvalue weighted by Gasteiger charge is 2.36. The zero-order valence-electron chi connectivity index (χ0n) is 13.4. The SMILES string of the molecule is CC(C(=O)O)N(C)C(=O)C(c1ccccc1)N1CCCCC1=O. The van der Waals surface area contributed by atoms with Crippen LogP contribution in [0.25, 0.3) is 0 Å². The number of carboxylic acid groups (broad SMARTS) is 1. The van der Waals surface area contributed by atoms with Gasteiger partial charge in [0.1, 0.15) is 12.1 Å². The molecule has 1 aliphatic heterocycles. The van der Waals surface area contributed by atoms with E-state index in [1.165, 1.54) is 18.9 Å². The second-order valence-corrected chi connectivity index (χ2v) is 5.82. The molecule has 2 atom stereocenters. The maximum atomic E-state index is 12.9. The Labute approximate surface area is 135 Å². The molecular formula is C17H22N2O4. The van der Waals surface area contributed by atoms with Crippen LogP contribution in [-0.4, -0.2) is 52.3 Å². The van der Waals surface area contributed by atoms with Crippen molar-refractivity contribution in [3.63, 3.8) is 0 Å². The molecule has 0 radical (unpaired) electrons. The number of likely N-dealkylation sites (tertiary alicyclic amines) is 1. The maximum Gasteiger partial charge on any atom is 0.326 e. The number of nitrogens with zero attached hydrogens (tertiary/aromatic N) is 2. The summed E-state index contributed by atoms with van der Waals surface area (Å²) in [6.07, 6.45) is 2.10. The zero-order valence-corrected chi connectivity index (χ0v) is 13.4. The van der Waals surface area contributed by atoms with E-state index in [0.29, 0.717) is 18.5 Å². The van der Waals surface area contributed by atoms with E-state index in [-0.39, 0.29) is 11.8 Å². The second kappa shape index (κ2) is 7.26. The van der Waals surface area contributed by atoms with Gasteiger partial charge >= 0.3 is 5.97 Å². The van der Waals surface area contributed by atoms with E-state index >= 15 is 0 Å². The van der Waals surface area contributed by atoms with Crippen molar-refractivity contribution in [1.82, 2.24) is 9.80 Å². The van der Waals surface area contributed by atoms with E-state index in [0.717, 1.165) is 12.8 Å². The van der Waals surface area contributed by atoms with Gasteiger partial charge in [0.25, 0.3) is 0 Å². The van der Waals surface area contributed by atoms with Gasteiger partial charge in [0.2, 0.25) is 11.8 Å². The highest BCUT2D eigenvalue weighted by atomic mass is 16.4. The van der Waals surface area contributed by atoms with Crippen molar-refractivity contribution in [2.75, 3.05) is 13.6 Å². The fourth-order valence-corrected chi connectivity index (χ4v) is 2.74. The van der Waals surface area contributed by atoms with E-state index in [9.17, 15) is 14.4 Å². The Hall–Kier alpha value is -2.37. The van der Waals surface area contributed by atoms with Crippen molar-refractivity contribution < 1.29 is 19.5 Å². The number of aliphatic carboxylic acids is 1. The van der Waals surface area contributed by atoms with Gasteiger partial charge in [0.15, 0.2) is 0 Å². The Morgan fingerprint density at radius 1 is 1.22 bits per heavy atom. The molecule has 2 amide bonds. The molecule has 0 saturated carbocycles. The summed E-state index contributed by atoms with van der Waals surface area (Å²) in [6, 6.07) is 7.33. The first-order valence-electron chi connectivity index (χ1n) is 7.77. The number of carbonyl (C=O) groups is 3. The summed E-state index contributed by atoms with van der Waals surface area (Å²) < 4.78 is 0. The number of carbonyl (C=O) groups excluding carboxylic acids is 2. The monoisotopic (exact) mass is 318 g/mol. The molecule has 1 saturated heterocycles. The van der Waals surface area contributed by atoms with Crippen molar-refractivity contribution in [1.29, 1.82) is 0 Å². The Bertz CT molecular complexity index is 588. The van der Waals surface area contributed by atoms with Crippen molar-refractivity contribution >= 4 is 17.8 Å². The Morgan fingerprint density at radius 2 is 1.87 bits per heavy atom. The van der Waals surface area contributed by atoms with Crippen LogP contribution in [0, 0.1) is 0 Å². The molecule has 0 aromatic heterocycles. The van der Waals surface area contributed by atoms with E-state index < -0.39 is 18.1 Å². The number of piperidine rings is 1. The molecule has 124 valence electrons. The number of amides is 2. The lowest BCUT2D eigenvalue weighted by Crippen LogP contribution is -2.49. The first-order valence-corrected chi connectivity index (χ1v) is 7.77.